The van der Waals surface area contributed by atoms with Crippen molar-refractivity contribution in [2.24, 2.45) is 11.3 Å². The minimum absolute atomic E-state index is 0.00403. The maximum Gasteiger partial charge on any atom is 0.303 e. The van der Waals surface area contributed by atoms with E-state index in [1.807, 2.05) is 78.7 Å². The number of anilines is 1. The van der Waals surface area contributed by atoms with E-state index in [-0.39, 0.29) is 36.1 Å². The number of piperidine rings is 1. The molecule has 176 valence electrons. The second-order valence-corrected chi connectivity index (χ2v) is 10.5. The summed E-state index contributed by atoms with van der Waals surface area (Å²) in [7, 11) is 3.98. The van der Waals surface area contributed by atoms with Gasteiger partial charge in [-0.25, -0.2) is 0 Å². The number of carbonyl (C=O) groups excluding carboxylic acids is 1. The SMILES string of the molecule is CN(C)c1ccc(-c2ccc3n(c2=O)C[C@H]2C[C@@H]3CN(C(=O)CC(C)(C)CC(=O)O)C2)cc1. The van der Waals surface area contributed by atoms with Crippen LogP contribution in [0.15, 0.2) is 41.2 Å². The average molecular weight is 452 g/mol. The molecule has 2 aliphatic rings. The molecule has 2 bridgehead atoms. The fraction of sp³-hybridized carbons (Fsp3) is 0.500. The molecule has 0 spiro atoms. The van der Waals surface area contributed by atoms with Crippen LogP contribution in [0.3, 0.4) is 0 Å². The smallest absolute Gasteiger partial charge is 0.303 e. The Hall–Kier alpha value is -3.09. The number of benzene rings is 1. The quantitative estimate of drug-likeness (QED) is 0.728. The third kappa shape index (κ3) is 4.82. The van der Waals surface area contributed by atoms with Crippen LogP contribution in [0.1, 0.15) is 44.7 Å². The highest BCUT2D eigenvalue weighted by atomic mass is 16.4. The van der Waals surface area contributed by atoms with Crippen molar-refractivity contribution in [3.8, 4) is 11.1 Å². The van der Waals surface area contributed by atoms with Crippen LogP contribution in [0.2, 0.25) is 0 Å². The first-order valence-corrected chi connectivity index (χ1v) is 11.5. The van der Waals surface area contributed by atoms with Gasteiger partial charge in [0, 0.05) is 63.0 Å². The van der Waals surface area contributed by atoms with Gasteiger partial charge in [-0.05, 0) is 47.6 Å². The van der Waals surface area contributed by atoms with Crippen LogP contribution in [-0.4, -0.2) is 53.6 Å². The number of hydrogen-bond donors (Lipinski definition) is 1. The number of likely N-dealkylation sites (tertiary alicyclic amines) is 1. The molecule has 0 radical (unpaired) electrons. The third-order valence-corrected chi connectivity index (χ3v) is 6.91. The minimum Gasteiger partial charge on any atom is -0.481 e. The molecule has 1 aromatic carbocycles. The number of aliphatic carboxylic acids is 1. The summed E-state index contributed by atoms with van der Waals surface area (Å²) in [6.45, 7) is 5.45. The van der Waals surface area contributed by atoms with Crippen molar-refractivity contribution < 1.29 is 14.7 Å². The molecule has 33 heavy (non-hydrogen) atoms. The average Bonchev–Trinajstić information content (AvgIpc) is 2.73. The molecule has 3 heterocycles. The Bertz CT molecular complexity index is 1120. The zero-order chi connectivity index (χ0) is 23.9. The van der Waals surface area contributed by atoms with Gasteiger partial charge in [-0.1, -0.05) is 26.0 Å². The Morgan fingerprint density at radius 1 is 1.03 bits per heavy atom. The molecule has 4 rings (SSSR count). The van der Waals surface area contributed by atoms with Gasteiger partial charge in [0.25, 0.3) is 5.56 Å². The van der Waals surface area contributed by atoms with Crippen LogP contribution >= 0.6 is 0 Å². The van der Waals surface area contributed by atoms with Gasteiger partial charge in [0.15, 0.2) is 0 Å². The first-order chi connectivity index (χ1) is 15.5. The van der Waals surface area contributed by atoms with E-state index < -0.39 is 11.4 Å². The highest BCUT2D eigenvalue weighted by Gasteiger charge is 2.38. The summed E-state index contributed by atoms with van der Waals surface area (Å²) in [5, 5.41) is 9.12. The molecule has 2 aliphatic heterocycles. The molecular weight excluding hydrogens is 418 g/mol. The van der Waals surface area contributed by atoms with Gasteiger partial charge in [-0.15, -0.1) is 0 Å². The summed E-state index contributed by atoms with van der Waals surface area (Å²) >= 11 is 0. The molecule has 0 unspecified atom stereocenters. The van der Waals surface area contributed by atoms with Crippen LogP contribution in [0.25, 0.3) is 11.1 Å². The van der Waals surface area contributed by atoms with Gasteiger partial charge in [-0.2, -0.15) is 0 Å². The number of carbonyl (C=O) groups is 2. The molecule has 0 aliphatic carbocycles. The Morgan fingerprint density at radius 2 is 1.73 bits per heavy atom. The van der Waals surface area contributed by atoms with E-state index in [1.165, 1.54) is 0 Å². The maximum absolute atomic E-state index is 13.4. The number of amides is 1. The van der Waals surface area contributed by atoms with E-state index in [4.69, 9.17) is 5.11 Å². The monoisotopic (exact) mass is 451 g/mol. The molecule has 7 heteroatoms. The number of aromatic nitrogens is 1. The number of fused-ring (bicyclic) bond motifs is 4. The molecule has 0 saturated carbocycles. The number of nitrogens with zero attached hydrogens (tertiary/aromatic N) is 3. The lowest BCUT2D eigenvalue weighted by molar-refractivity contribution is -0.141. The van der Waals surface area contributed by atoms with Crippen LogP contribution < -0.4 is 10.5 Å². The van der Waals surface area contributed by atoms with E-state index in [0.717, 1.165) is 23.4 Å². The molecule has 1 N–H and O–H groups in total. The van der Waals surface area contributed by atoms with Gasteiger partial charge in [0.05, 0.1) is 6.42 Å². The molecule has 1 aromatic heterocycles. The second kappa shape index (κ2) is 8.69. The van der Waals surface area contributed by atoms with Crippen molar-refractivity contribution in [2.75, 3.05) is 32.1 Å². The van der Waals surface area contributed by atoms with Crippen molar-refractivity contribution in [1.82, 2.24) is 9.47 Å². The van der Waals surface area contributed by atoms with E-state index in [2.05, 4.69) is 0 Å². The standard InChI is InChI=1S/C26H33N3O4/c1-26(2,13-24(31)32)12-23(30)28-14-17-11-19(16-28)22-10-9-21(25(33)29(22)15-17)18-5-7-20(8-6-18)27(3)4/h5-10,17,19H,11-16H2,1-4H3,(H,31,32)/t17-,19+/m0/s1. The lowest BCUT2D eigenvalue weighted by Crippen LogP contribution is -2.50. The van der Waals surface area contributed by atoms with Gasteiger partial charge in [-0.3, -0.25) is 14.4 Å². The van der Waals surface area contributed by atoms with E-state index in [9.17, 15) is 14.4 Å². The van der Waals surface area contributed by atoms with E-state index in [1.54, 1.807) is 0 Å². The molecule has 1 fully saturated rings. The predicted octanol–water partition coefficient (Wildman–Crippen LogP) is 3.42. The number of carboxylic acids is 1. The summed E-state index contributed by atoms with van der Waals surface area (Å²) in [4.78, 5) is 41.4. The number of pyridine rings is 1. The van der Waals surface area contributed by atoms with Crippen molar-refractivity contribution >= 4 is 17.6 Å². The molecule has 1 amide bonds. The maximum atomic E-state index is 13.4. The Kier molecular flexibility index (Phi) is 6.08. The zero-order valence-electron chi connectivity index (χ0n) is 19.9. The summed E-state index contributed by atoms with van der Waals surface area (Å²) in [6, 6.07) is 12.0. The summed E-state index contributed by atoms with van der Waals surface area (Å²) < 4.78 is 1.91. The van der Waals surface area contributed by atoms with E-state index in [0.29, 0.717) is 25.2 Å². The van der Waals surface area contributed by atoms with Crippen LogP contribution in [0, 0.1) is 11.3 Å². The van der Waals surface area contributed by atoms with Crippen molar-refractivity contribution in [3.63, 3.8) is 0 Å². The van der Waals surface area contributed by atoms with Gasteiger partial charge >= 0.3 is 5.97 Å². The fourth-order valence-corrected chi connectivity index (χ4v) is 5.30. The Balaban J connectivity index is 1.55. The molecule has 2 atom stereocenters. The number of carboxylic acid groups (broad SMARTS) is 1. The summed E-state index contributed by atoms with van der Waals surface area (Å²) in [5.74, 6) is -0.526. The predicted molar refractivity (Wildman–Crippen MR) is 129 cm³/mol. The van der Waals surface area contributed by atoms with Gasteiger partial charge in [0.1, 0.15) is 0 Å². The van der Waals surface area contributed by atoms with Crippen LogP contribution in [0.4, 0.5) is 5.69 Å². The first-order valence-electron chi connectivity index (χ1n) is 11.5. The first kappa shape index (κ1) is 23.1. The zero-order valence-corrected chi connectivity index (χ0v) is 19.9. The van der Waals surface area contributed by atoms with Gasteiger partial charge < -0.3 is 19.5 Å². The molecule has 2 aromatic rings. The largest absolute Gasteiger partial charge is 0.481 e. The Labute approximate surface area is 194 Å². The Morgan fingerprint density at radius 3 is 2.36 bits per heavy atom. The van der Waals surface area contributed by atoms with Crippen LogP contribution in [0.5, 0.6) is 0 Å². The topological polar surface area (TPSA) is 82.9 Å². The molecule has 1 saturated heterocycles. The molecule has 7 nitrogen and oxygen atoms in total. The lowest BCUT2D eigenvalue weighted by Gasteiger charge is -2.43. The van der Waals surface area contributed by atoms with E-state index >= 15 is 0 Å². The van der Waals surface area contributed by atoms with Crippen molar-refractivity contribution in [3.05, 3.63) is 52.4 Å². The van der Waals surface area contributed by atoms with Crippen LogP contribution in [-0.2, 0) is 16.1 Å². The normalized spacial score (nSPS) is 19.7. The number of rotatable bonds is 6. The summed E-state index contributed by atoms with van der Waals surface area (Å²) in [6.07, 6.45) is 1.15. The second-order valence-electron chi connectivity index (χ2n) is 10.5. The number of hydrogen-bond acceptors (Lipinski definition) is 4. The van der Waals surface area contributed by atoms with Gasteiger partial charge in [0.2, 0.25) is 5.91 Å². The lowest BCUT2D eigenvalue weighted by atomic mass is 9.81. The highest BCUT2D eigenvalue weighted by molar-refractivity contribution is 5.78. The van der Waals surface area contributed by atoms with Crippen molar-refractivity contribution in [1.29, 1.82) is 0 Å². The summed E-state index contributed by atoms with van der Waals surface area (Å²) in [5.41, 5.74) is 3.14. The minimum atomic E-state index is -0.885. The van der Waals surface area contributed by atoms with Crippen molar-refractivity contribution in [2.45, 2.75) is 45.6 Å². The fourth-order valence-electron chi connectivity index (χ4n) is 5.30. The third-order valence-electron chi connectivity index (χ3n) is 6.91. The highest BCUT2D eigenvalue weighted by Crippen LogP contribution is 2.37. The molecular formula is C26H33N3O4.